The number of hydrogen-bond donors (Lipinski definition) is 1. The summed E-state index contributed by atoms with van der Waals surface area (Å²) in [5.41, 5.74) is -0.732. The minimum Gasteiger partial charge on any atom is -0.444 e. The monoisotopic (exact) mass is 517 g/mol. The van der Waals surface area contributed by atoms with Crippen LogP contribution in [0.2, 0.25) is 0 Å². The molecule has 3 rings (SSSR count). The molecular weight excluding hydrogens is 473 g/mol. The highest BCUT2D eigenvalue weighted by Crippen LogP contribution is 2.36. The summed E-state index contributed by atoms with van der Waals surface area (Å²) in [5.74, 6) is 0.395. The molecule has 2 atom stereocenters. The number of anilines is 1. The zero-order valence-corrected chi connectivity index (χ0v) is 24.1. The lowest BCUT2D eigenvalue weighted by Gasteiger charge is -2.39. The third-order valence-corrected chi connectivity index (χ3v) is 7.36. The van der Waals surface area contributed by atoms with E-state index < -0.39 is 36.1 Å². The second kappa shape index (κ2) is 10.8. The third-order valence-electron chi connectivity index (χ3n) is 7.36. The molecule has 11 heteroatoms. The molecule has 0 aliphatic carbocycles. The lowest BCUT2D eigenvalue weighted by atomic mass is 9.81. The molecule has 2 aliphatic rings. The zero-order valence-electron chi connectivity index (χ0n) is 24.1. The van der Waals surface area contributed by atoms with Crippen molar-refractivity contribution in [3.05, 3.63) is 12.4 Å². The van der Waals surface area contributed by atoms with Crippen LogP contribution < -0.4 is 15.7 Å². The largest absolute Gasteiger partial charge is 0.498 e. The van der Waals surface area contributed by atoms with E-state index in [1.54, 1.807) is 33.2 Å². The summed E-state index contributed by atoms with van der Waals surface area (Å²) < 4.78 is 17.6. The van der Waals surface area contributed by atoms with Crippen molar-refractivity contribution < 1.29 is 23.6 Å². The molecule has 2 amide bonds. The zero-order chi connectivity index (χ0) is 27.8. The second-order valence-corrected chi connectivity index (χ2v) is 12.5. The summed E-state index contributed by atoms with van der Waals surface area (Å²) in [4.78, 5) is 38.8. The number of likely N-dealkylation sites (tertiary alicyclic amines) is 1. The van der Waals surface area contributed by atoms with E-state index in [9.17, 15) is 9.59 Å². The second-order valence-electron chi connectivity index (χ2n) is 12.5. The minimum absolute atomic E-state index is 0.0507. The average Bonchev–Trinajstić information content (AvgIpc) is 3.02. The number of carbonyl (C=O) groups is 2. The molecule has 0 spiro atoms. The highest BCUT2D eigenvalue weighted by Gasteiger charge is 2.52. The predicted molar refractivity (Wildman–Crippen MR) is 144 cm³/mol. The van der Waals surface area contributed by atoms with E-state index in [1.807, 2.05) is 58.4 Å². The topological polar surface area (TPSA) is 106 Å². The Labute approximate surface area is 222 Å². The van der Waals surface area contributed by atoms with Gasteiger partial charge >= 0.3 is 13.2 Å². The number of nitrogens with one attached hydrogen (secondary N) is 1. The van der Waals surface area contributed by atoms with Crippen LogP contribution in [0.25, 0.3) is 0 Å². The molecule has 10 nitrogen and oxygen atoms in total. The number of carbonyl (C=O) groups excluding carboxylic acids is 2. The van der Waals surface area contributed by atoms with E-state index in [0.717, 1.165) is 18.3 Å². The summed E-state index contributed by atoms with van der Waals surface area (Å²) in [5, 5.41) is 2.78. The van der Waals surface area contributed by atoms with Crippen LogP contribution in [0, 0.1) is 5.92 Å². The number of rotatable bonds is 6. The number of ether oxygens (including phenoxy) is 1. The number of hydrogen-bond acceptors (Lipinski definition) is 8. The molecule has 2 aliphatic heterocycles. The highest BCUT2D eigenvalue weighted by atomic mass is 16.7. The Morgan fingerprint density at radius 2 is 1.73 bits per heavy atom. The van der Waals surface area contributed by atoms with E-state index in [2.05, 4.69) is 15.3 Å². The summed E-state index contributed by atoms with van der Waals surface area (Å²) in [6.45, 7) is 18.5. The molecule has 1 N–H and O–H groups in total. The van der Waals surface area contributed by atoms with Crippen molar-refractivity contribution in [3.8, 4) is 0 Å². The molecule has 0 aromatic carbocycles. The van der Waals surface area contributed by atoms with Crippen molar-refractivity contribution in [2.24, 2.45) is 5.92 Å². The molecular formula is C26H44BN5O5. The minimum atomic E-state index is -0.658. The van der Waals surface area contributed by atoms with Gasteiger partial charge in [0.1, 0.15) is 11.6 Å². The van der Waals surface area contributed by atoms with Gasteiger partial charge < -0.3 is 29.2 Å². The Morgan fingerprint density at radius 3 is 2.24 bits per heavy atom. The van der Waals surface area contributed by atoms with Crippen LogP contribution in [0.1, 0.15) is 75.2 Å². The number of aromatic nitrogens is 2. The first-order chi connectivity index (χ1) is 17.0. The molecule has 2 fully saturated rings. The summed E-state index contributed by atoms with van der Waals surface area (Å²) in [6, 6.07) is -0.607. The van der Waals surface area contributed by atoms with Gasteiger partial charge in [0.05, 0.1) is 11.2 Å². The Balaban J connectivity index is 1.65. The van der Waals surface area contributed by atoms with Crippen LogP contribution in [0.5, 0.6) is 0 Å². The van der Waals surface area contributed by atoms with Crippen molar-refractivity contribution in [2.75, 3.05) is 25.0 Å². The molecule has 3 heterocycles. The van der Waals surface area contributed by atoms with Gasteiger partial charge in [-0.2, -0.15) is 0 Å². The van der Waals surface area contributed by atoms with Gasteiger partial charge in [-0.05, 0) is 67.2 Å². The molecule has 206 valence electrons. The van der Waals surface area contributed by atoms with Crippen LogP contribution in [-0.4, -0.2) is 83.0 Å². The van der Waals surface area contributed by atoms with E-state index in [1.165, 1.54) is 0 Å². The number of alkyl carbamates (subject to hydrolysis) is 1. The first-order valence-electron chi connectivity index (χ1n) is 13.2. The normalized spacial score (nSPS) is 22.1. The fraction of sp³-hybridized carbons (Fsp3) is 0.769. The van der Waals surface area contributed by atoms with Crippen LogP contribution in [0.4, 0.5) is 10.7 Å². The van der Waals surface area contributed by atoms with E-state index in [0.29, 0.717) is 19.0 Å². The predicted octanol–water partition coefficient (Wildman–Crippen LogP) is 2.75. The number of likely N-dealkylation sites (N-methyl/N-ethyl adjacent to an activating group) is 1. The molecule has 1 aromatic rings. The van der Waals surface area contributed by atoms with Gasteiger partial charge in [0, 0.05) is 44.0 Å². The van der Waals surface area contributed by atoms with Crippen molar-refractivity contribution in [1.29, 1.82) is 0 Å². The quantitative estimate of drug-likeness (QED) is 0.575. The van der Waals surface area contributed by atoms with Gasteiger partial charge in [-0.3, -0.25) is 4.79 Å². The Hall–Kier alpha value is -2.40. The summed E-state index contributed by atoms with van der Waals surface area (Å²) >= 11 is 0. The summed E-state index contributed by atoms with van der Waals surface area (Å²) in [6.07, 6.45) is 4.66. The van der Waals surface area contributed by atoms with Gasteiger partial charge in [0.15, 0.2) is 0 Å². The Kier molecular flexibility index (Phi) is 8.49. The van der Waals surface area contributed by atoms with E-state index in [4.69, 9.17) is 14.0 Å². The van der Waals surface area contributed by atoms with Crippen molar-refractivity contribution >= 4 is 30.5 Å². The highest BCUT2D eigenvalue weighted by molar-refractivity contribution is 6.61. The van der Waals surface area contributed by atoms with E-state index in [-0.39, 0.29) is 17.9 Å². The molecule has 2 saturated heterocycles. The maximum Gasteiger partial charge on any atom is 0.498 e. The van der Waals surface area contributed by atoms with Crippen molar-refractivity contribution in [3.63, 3.8) is 0 Å². The maximum absolute atomic E-state index is 13.4. The average molecular weight is 517 g/mol. The SMILES string of the molecule is CC(C)[C@@H](NC(=O)OC(C)(C)C)C(=O)N1CCC[C@@H](N(C)c2ncc(B3OC(C)(C)C(C)(C)O3)cn2)C1. The first-order valence-corrected chi connectivity index (χ1v) is 13.2. The van der Waals surface area contributed by atoms with Gasteiger partial charge in [-0.1, -0.05) is 13.8 Å². The number of amides is 2. The van der Waals surface area contributed by atoms with Gasteiger partial charge in [-0.25, -0.2) is 14.8 Å². The van der Waals surface area contributed by atoms with Crippen molar-refractivity contribution in [1.82, 2.24) is 20.2 Å². The molecule has 0 bridgehead atoms. The van der Waals surface area contributed by atoms with E-state index >= 15 is 0 Å². The number of nitrogens with zero attached hydrogens (tertiary/aromatic N) is 4. The Bertz CT molecular complexity index is 947. The van der Waals surface area contributed by atoms with Gasteiger partial charge in [0.2, 0.25) is 11.9 Å². The molecule has 1 aromatic heterocycles. The van der Waals surface area contributed by atoms with Crippen LogP contribution in [-0.2, 0) is 18.8 Å². The summed E-state index contributed by atoms with van der Waals surface area (Å²) in [7, 11) is 1.43. The number of piperidine rings is 1. The molecule has 0 unspecified atom stereocenters. The smallest absolute Gasteiger partial charge is 0.444 e. The molecule has 37 heavy (non-hydrogen) atoms. The van der Waals surface area contributed by atoms with Gasteiger partial charge in [0.25, 0.3) is 0 Å². The lowest BCUT2D eigenvalue weighted by molar-refractivity contribution is -0.135. The maximum atomic E-state index is 13.4. The van der Waals surface area contributed by atoms with Crippen molar-refractivity contribution in [2.45, 2.75) is 104 Å². The fourth-order valence-corrected chi connectivity index (χ4v) is 4.39. The first kappa shape index (κ1) is 29.2. The Morgan fingerprint density at radius 1 is 1.16 bits per heavy atom. The molecule has 0 saturated carbocycles. The van der Waals surface area contributed by atoms with Gasteiger partial charge in [-0.15, -0.1) is 0 Å². The fourth-order valence-electron chi connectivity index (χ4n) is 4.39. The standard InChI is InChI=1S/C26H44BN5O5/c1-17(2)20(30-23(34)35-24(3,4)5)21(33)32-13-11-12-19(16-32)31(10)22-28-14-18(15-29-22)27-36-25(6,7)26(8,9)37-27/h14-15,17,19-20H,11-13,16H2,1-10H3,(H,30,34)/t19-,20-/m1/s1. The van der Waals surface area contributed by atoms with Crippen LogP contribution in [0.3, 0.4) is 0 Å². The van der Waals surface area contributed by atoms with Crippen LogP contribution in [0.15, 0.2) is 12.4 Å². The van der Waals surface area contributed by atoms with Crippen LogP contribution >= 0.6 is 0 Å². The molecule has 0 radical (unpaired) electrons. The third kappa shape index (κ3) is 6.93. The lowest BCUT2D eigenvalue weighted by Crippen LogP contribution is -2.56.